The van der Waals surface area contributed by atoms with Crippen LogP contribution >= 0.6 is 38.9 Å². The number of nitrogens with zero attached hydrogens (tertiary/aromatic N) is 1. The SMILES string of the molecule is N#Cc1sc(CBr)cc1Cl. The Balaban J connectivity index is 3.07. The minimum atomic E-state index is 0.557. The van der Waals surface area contributed by atoms with Gasteiger partial charge in [-0.15, -0.1) is 11.3 Å². The van der Waals surface area contributed by atoms with Gasteiger partial charge >= 0.3 is 0 Å². The fraction of sp³-hybridized carbons (Fsp3) is 0.167. The highest BCUT2D eigenvalue weighted by molar-refractivity contribution is 9.08. The molecule has 0 saturated carbocycles. The van der Waals surface area contributed by atoms with Gasteiger partial charge in [0.05, 0.1) is 5.02 Å². The lowest BCUT2D eigenvalue weighted by Crippen LogP contribution is -1.58. The van der Waals surface area contributed by atoms with Crippen LogP contribution in [0.1, 0.15) is 9.75 Å². The van der Waals surface area contributed by atoms with Crippen molar-refractivity contribution in [3.05, 3.63) is 20.8 Å². The summed E-state index contributed by atoms with van der Waals surface area (Å²) in [5.74, 6) is 0. The third-order valence-corrected chi connectivity index (χ3v) is 3.40. The Morgan fingerprint density at radius 3 is 2.80 bits per heavy atom. The molecule has 0 N–H and O–H groups in total. The Kier molecular flexibility index (Phi) is 2.72. The predicted molar refractivity (Wildman–Crippen MR) is 46.7 cm³/mol. The van der Waals surface area contributed by atoms with Crippen molar-refractivity contribution < 1.29 is 0 Å². The van der Waals surface area contributed by atoms with Gasteiger partial charge < -0.3 is 0 Å². The summed E-state index contributed by atoms with van der Waals surface area (Å²) in [6.45, 7) is 0. The smallest absolute Gasteiger partial charge is 0.123 e. The molecule has 1 aromatic heterocycles. The average Bonchev–Trinajstić information content (AvgIpc) is 2.30. The minimum absolute atomic E-state index is 0.557. The van der Waals surface area contributed by atoms with Gasteiger partial charge in [-0.05, 0) is 6.07 Å². The summed E-state index contributed by atoms with van der Waals surface area (Å²) >= 11 is 10.4. The maximum atomic E-state index is 8.49. The Morgan fingerprint density at radius 1 is 1.80 bits per heavy atom. The molecule has 0 aliphatic rings. The van der Waals surface area contributed by atoms with Crippen LogP contribution in [-0.4, -0.2) is 0 Å². The van der Waals surface area contributed by atoms with E-state index in [2.05, 4.69) is 15.9 Å². The van der Waals surface area contributed by atoms with Crippen LogP contribution < -0.4 is 0 Å². The van der Waals surface area contributed by atoms with Crippen molar-refractivity contribution in [1.29, 1.82) is 5.26 Å². The van der Waals surface area contributed by atoms with Crippen LogP contribution in [0, 0.1) is 11.3 Å². The van der Waals surface area contributed by atoms with E-state index in [9.17, 15) is 0 Å². The minimum Gasteiger partial charge on any atom is -0.191 e. The van der Waals surface area contributed by atoms with Crippen LogP contribution in [0.4, 0.5) is 0 Å². The van der Waals surface area contributed by atoms with Crippen molar-refractivity contribution in [3.63, 3.8) is 0 Å². The lowest BCUT2D eigenvalue weighted by Gasteiger charge is -1.77. The number of hydrogen-bond donors (Lipinski definition) is 0. The molecule has 0 aliphatic carbocycles. The molecule has 1 rings (SSSR count). The summed E-state index contributed by atoms with van der Waals surface area (Å²) in [6.07, 6.45) is 0. The van der Waals surface area contributed by atoms with E-state index in [-0.39, 0.29) is 0 Å². The van der Waals surface area contributed by atoms with Gasteiger partial charge in [0.15, 0.2) is 0 Å². The summed E-state index contributed by atoms with van der Waals surface area (Å²) < 4.78 is 0. The summed E-state index contributed by atoms with van der Waals surface area (Å²) in [6, 6.07) is 3.82. The number of hydrogen-bond acceptors (Lipinski definition) is 2. The zero-order valence-corrected chi connectivity index (χ0v) is 8.05. The van der Waals surface area contributed by atoms with E-state index in [0.717, 1.165) is 10.2 Å². The van der Waals surface area contributed by atoms with Crippen molar-refractivity contribution in [2.45, 2.75) is 5.33 Å². The molecule has 0 spiro atoms. The van der Waals surface area contributed by atoms with Gasteiger partial charge in [0.25, 0.3) is 0 Å². The van der Waals surface area contributed by atoms with Gasteiger partial charge in [-0.3, -0.25) is 0 Å². The molecule has 0 unspecified atom stereocenters. The number of thiophene rings is 1. The summed E-state index contributed by atoms with van der Waals surface area (Å²) in [5, 5.41) is 9.81. The van der Waals surface area contributed by atoms with E-state index in [1.807, 2.05) is 6.07 Å². The van der Waals surface area contributed by atoms with Gasteiger partial charge in [0.1, 0.15) is 10.9 Å². The first-order valence-electron chi connectivity index (χ1n) is 2.52. The van der Waals surface area contributed by atoms with Crippen molar-refractivity contribution in [3.8, 4) is 6.07 Å². The average molecular weight is 237 g/mol. The van der Waals surface area contributed by atoms with Crippen LogP contribution in [0.3, 0.4) is 0 Å². The van der Waals surface area contributed by atoms with Crippen molar-refractivity contribution in [2.24, 2.45) is 0 Å². The van der Waals surface area contributed by atoms with E-state index in [1.54, 1.807) is 6.07 Å². The highest BCUT2D eigenvalue weighted by Crippen LogP contribution is 2.27. The molecule has 10 heavy (non-hydrogen) atoms. The highest BCUT2D eigenvalue weighted by Gasteiger charge is 2.03. The number of nitriles is 1. The lowest BCUT2D eigenvalue weighted by atomic mass is 10.4. The number of halogens is 2. The third kappa shape index (κ3) is 1.51. The van der Waals surface area contributed by atoms with Crippen LogP contribution in [-0.2, 0) is 5.33 Å². The standard InChI is InChI=1S/C6H3BrClNS/c7-2-4-1-5(8)6(3-9)10-4/h1H,2H2. The molecule has 1 heterocycles. The Labute approximate surface area is 76.4 Å². The number of rotatable bonds is 1. The zero-order chi connectivity index (χ0) is 7.56. The van der Waals surface area contributed by atoms with Gasteiger partial charge in [-0.1, -0.05) is 27.5 Å². The lowest BCUT2D eigenvalue weighted by molar-refractivity contribution is 1.52. The Hall–Kier alpha value is -0.0400. The third-order valence-electron chi connectivity index (χ3n) is 0.971. The normalized spacial score (nSPS) is 9.30. The fourth-order valence-corrected chi connectivity index (χ4v) is 2.11. The van der Waals surface area contributed by atoms with Crippen molar-refractivity contribution in [1.82, 2.24) is 0 Å². The van der Waals surface area contributed by atoms with Crippen LogP contribution in [0.15, 0.2) is 6.07 Å². The first kappa shape index (κ1) is 8.06. The molecule has 0 amide bonds. The monoisotopic (exact) mass is 235 g/mol. The van der Waals surface area contributed by atoms with Gasteiger partial charge in [-0.25, -0.2) is 0 Å². The highest BCUT2D eigenvalue weighted by atomic mass is 79.9. The van der Waals surface area contributed by atoms with E-state index >= 15 is 0 Å². The molecule has 4 heteroatoms. The molecule has 0 fully saturated rings. The maximum absolute atomic E-state index is 8.49. The summed E-state index contributed by atoms with van der Waals surface area (Å²) in [7, 11) is 0. The number of alkyl halides is 1. The van der Waals surface area contributed by atoms with Gasteiger partial charge in [-0.2, -0.15) is 5.26 Å². The Bertz CT molecular complexity index is 276. The molecule has 1 nitrogen and oxygen atoms in total. The second-order valence-electron chi connectivity index (χ2n) is 1.64. The van der Waals surface area contributed by atoms with Crippen LogP contribution in [0.5, 0.6) is 0 Å². The molecule has 0 saturated heterocycles. The second kappa shape index (κ2) is 3.38. The predicted octanol–water partition coefficient (Wildman–Crippen LogP) is 3.17. The van der Waals surface area contributed by atoms with E-state index in [1.165, 1.54) is 11.3 Å². The van der Waals surface area contributed by atoms with Gasteiger partial charge in [0, 0.05) is 10.2 Å². The maximum Gasteiger partial charge on any atom is 0.123 e. The van der Waals surface area contributed by atoms with Crippen LogP contribution in [0.25, 0.3) is 0 Å². The molecular formula is C6H3BrClNS. The molecule has 1 aromatic rings. The fourth-order valence-electron chi connectivity index (χ4n) is 0.558. The summed E-state index contributed by atoms with van der Waals surface area (Å²) in [4.78, 5) is 1.68. The molecule has 0 atom stereocenters. The van der Waals surface area contributed by atoms with Crippen LogP contribution in [0.2, 0.25) is 5.02 Å². The molecule has 52 valence electrons. The van der Waals surface area contributed by atoms with Crippen molar-refractivity contribution in [2.75, 3.05) is 0 Å². The first-order chi connectivity index (χ1) is 4.77. The van der Waals surface area contributed by atoms with Gasteiger partial charge in [0.2, 0.25) is 0 Å². The molecule has 0 bridgehead atoms. The van der Waals surface area contributed by atoms with E-state index < -0.39 is 0 Å². The van der Waals surface area contributed by atoms with E-state index in [0.29, 0.717) is 9.90 Å². The van der Waals surface area contributed by atoms with E-state index in [4.69, 9.17) is 16.9 Å². The Morgan fingerprint density at radius 2 is 2.50 bits per heavy atom. The molecule has 0 aliphatic heterocycles. The molecule has 0 radical (unpaired) electrons. The first-order valence-corrected chi connectivity index (χ1v) is 4.83. The molecular weight excluding hydrogens is 233 g/mol. The molecule has 0 aromatic carbocycles. The van der Waals surface area contributed by atoms with Crippen molar-refractivity contribution >= 4 is 38.9 Å². The zero-order valence-electron chi connectivity index (χ0n) is 4.90. The second-order valence-corrected chi connectivity index (χ2v) is 3.74. The largest absolute Gasteiger partial charge is 0.191 e. The topological polar surface area (TPSA) is 23.8 Å². The quantitative estimate of drug-likeness (QED) is 0.687. The summed E-state index contributed by atoms with van der Waals surface area (Å²) in [5.41, 5.74) is 0.